The van der Waals surface area contributed by atoms with Crippen LogP contribution in [0.15, 0.2) is 53.4 Å². The molecule has 5 nitrogen and oxygen atoms in total. The standard InChI is InChI=1S/C19H15ClN4OS2/c1-12-10-27-19(21-12)23-17(25)9-24-8-2-3-16(24)18-22-15(11-26-18)13-4-6-14(20)7-5-13/h2-8,10-11H,9H2,1H3,(H,21,23,25). The third-order valence-corrected chi connectivity index (χ3v) is 5.86. The number of nitrogens with one attached hydrogen (secondary N) is 1. The van der Waals surface area contributed by atoms with Crippen LogP contribution >= 0.6 is 34.3 Å². The van der Waals surface area contributed by atoms with E-state index in [4.69, 9.17) is 16.6 Å². The minimum Gasteiger partial charge on any atom is -0.336 e. The van der Waals surface area contributed by atoms with E-state index in [1.54, 1.807) is 11.3 Å². The summed E-state index contributed by atoms with van der Waals surface area (Å²) in [5.74, 6) is -0.115. The van der Waals surface area contributed by atoms with Crippen LogP contribution in [0.4, 0.5) is 5.13 Å². The normalized spacial score (nSPS) is 10.9. The summed E-state index contributed by atoms with van der Waals surface area (Å²) < 4.78 is 1.89. The van der Waals surface area contributed by atoms with Crippen molar-refractivity contribution >= 4 is 45.3 Å². The van der Waals surface area contributed by atoms with Gasteiger partial charge in [0, 0.05) is 27.5 Å². The number of carbonyl (C=O) groups excluding carboxylic acids is 1. The third kappa shape index (κ3) is 4.10. The van der Waals surface area contributed by atoms with Crippen molar-refractivity contribution in [2.75, 3.05) is 5.32 Å². The Morgan fingerprint density at radius 2 is 1.96 bits per heavy atom. The summed E-state index contributed by atoms with van der Waals surface area (Å²) in [4.78, 5) is 21.3. The first-order valence-corrected chi connectivity index (χ1v) is 10.3. The number of aromatic nitrogens is 3. The van der Waals surface area contributed by atoms with Gasteiger partial charge >= 0.3 is 0 Å². The van der Waals surface area contributed by atoms with E-state index in [2.05, 4.69) is 10.3 Å². The number of hydrogen-bond donors (Lipinski definition) is 1. The van der Waals surface area contributed by atoms with Crippen LogP contribution in [-0.4, -0.2) is 20.4 Å². The maximum atomic E-state index is 12.3. The fourth-order valence-corrected chi connectivity index (χ4v) is 4.32. The molecule has 27 heavy (non-hydrogen) atoms. The molecule has 0 saturated heterocycles. The smallest absolute Gasteiger partial charge is 0.246 e. The zero-order valence-electron chi connectivity index (χ0n) is 14.3. The molecule has 3 aromatic heterocycles. The Labute approximate surface area is 169 Å². The molecule has 1 aromatic carbocycles. The van der Waals surface area contributed by atoms with E-state index < -0.39 is 0 Å². The second-order valence-corrected chi connectivity index (χ2v) is 8.06. The van der Waals surface area contributed by atoms with Crippen LogP contribution in [0, 0.1) is 6.92 Å². The van der Waals surface area contributed by atoms with E-state index in [0.29, 0.717) is 10.2 Å². The first-order chi connectivity index (χ1) is 13.1. The molecule has 0 radical (unpaired) electrons. The van der Waals surface area contributed by atoms with Crippen molar-refractivity contribution in [1.29, 1.82) is 0 Å². The Bertz CT molecular complexity index is 1080. The second kappa shape index (κ2) is 7.64. The van der Waals surface area contributed by atoms with Gasteiger partial charge in [0.05, 0.1) is 17.1 Å². The van der Waals surface area contributed by atoms with Crippen molar-refractivity contribution in [2.24, 2.45) is 0 Å². The predicted molar refractivity (Wildman–Crippen MR) is 111 cm³/mol. The van der Waals surface area contributed by atoms with Crippen LogP contribution in [-0.2, 0) is 11.3 Å². The van der Waals surface area contributed by atoms with Crippen molar-refractivity contribution in [2.45, 2.75) is 13.5 Å². The summed E-state index contributed by atoms with van der Waals surface area (Å²) in [6.45, 7) is 2.10. The SMILES string of the molecule is Cc1csc(NC(=O)Cn2cccc2-c2nc(-c3ccc(Cl)cc3)cs2)n1. The van der Waals surface area contributed by atoms with Crippen molar-refractivity contribution in [3.63, 3.8) is 0 Å². The molecular formula is C19H15ClN4OS2. The maximum Gasteiger partial charge on any atom is 0.246 e. The lowest BCUT2D eigenvalue weighted by atomic mass is 10.2. The van der Waals surface area contributed by atoms with Crippen LogP contribution in [0.5, 0.6) is 0 Å². The minimum atomic E-state index is -0.115. The second-order valence-electron chi connectivity index (χ2n) is 5.91. The van der Waals surface area contributed by atoms with Gasteiger partial charge in [0.25, 0.3) is 0 Å². The number of halogens is 1. The molecule has 0 aliphatic rings. The van der Waals surface area contributed by atoms with Gasteiger partial charge < -0.3 is 9.88 Å². The summed E-state index contributed by atoms with van der Waals surface area (Å²) >= 11 is 8.92. The first kappa shape index (κ1) is 17.9. The molecule has 0 saturated carbocycles. The highest BCUT2D eigenvalue weighted by Gasteiger charge is 2.13. The Morgan fingerprint density at radius 1 is 1.15 bits per heavy atom. The highest BCUT2D eigenvalue weighted by Crippen LogP contribution is 2.30. The largest absolute Gasteiger partial charge is 0.336 e. The molecule has 0 aliphatic heterocycles. The number of rotatable bonds is 5. The average Bonchev–Trinajstić information content (AvgIpc) is 3.37. The number of nitrogens with zero attached hydrogens (tertiary/aromatic N) is 3. The number of carbonyl (C=O) groups is 1. The van der Waals surface area contributed by atoms with Crippen LogP contribution in [0.2, 0.25) is 5.02 Å². The molecule has 0 unspecified atom stereocenters. The topological polar surface area (TPSA) is 59.8 Å². The van der Waals surface area contributed by atoms with Gasteiger partial charge in [-0.05, 0) is 31.2 Å². The van der Waals surface area contributed by atoms with Crippen LogP contribution in [0.25, 0.3) is 22.0 Å². The Morgan fingerprint density at radius 3 is 2.70 bits per heavy atom. The lowest BCUT2D eigenvalue weighted by Crippen LogP contribution is -2.18. The molecule has 136 valence electrons. The first-order valence-electron chi connectivity index (χ1n) is 8.17. The van der Waals surface area contributed by atoms with Gasteiger partial charge in [0.1, 0.15) is 11.6 Å². The fraction of sp³-hybridized carbons (Fsp3) is 0.105. The Kier molecular flexibility index (Phi) is 5.07. The number of anilines is 1. The number of hydrogen-bond acceptors (Lipinski definition) is 5. The molecule has 1 amide bonds. The maximum absolute atomic E-state index is 12.3. The van der Waals surface area contributed by atoms with Crippen LogP contribution < -0.4 is 5.32 Å². The van der Waals surface area contributed by atoms with Gasteiger partial charge in [-0.3, -0.25) is 4.79 Å². The van der Waals surface area contributed by atoms with Gasteiger partial charge in [-0.2, -0.15) is 0 Å². The molecule has 0 spiro atoms. The van der Waals surface area contributed by atoms with Crippen molar-refractivity contribution in [3.8, 4) is 22.0 Å². The number of amides is 1. The summed E-state index contributed by atoms with van der Waals surface area (Å²) in [5.41, 5.74) is 3.71. The third-order valence-electron chi connectivity index (χ3n) is 3.87. The van der Waals surface area contributed by atoms with Crippen LogP contribution in [0.1, 0.15) is 5.69 Å². The molecular weight excluding hydrogens is 400 g/mol. The zero-order valence-corrected chi connectivity index (χ0v) is 16.7. The molecule has 0 atom stereocenters. The highest BCUT2D eigenvalue weighted by atomic mass is 35.5. The summed E-state index contributed by atoms with van der Waals surface area (Å²) in [5, 5.41) is 8.93. The summed E-state index contributed by atoms with van der Waals surface area (Å²) in [7, 11) is 0. The summed E-state index contributed by atoms with van der Waals surface area (Å²) in [6.07, 6.45) is 1.88. The van der Waals surface area contributed by atoms with Gasteiger partial charge in [-0.1, -0.05) is 23.7 Å². The zero-order chi connectivity index (χ0) is 18.8. The van der Waals surface area contributed by atoms with Crippen molar-refractivity contribution in [3.05, 3.63) is 64.1 Å². The molecule has 8 heteroatoms. The molecule has 0 aliphatic carbocycles. The van der Waals surface area contributed by atoms with E-state index >= 15 is 0 Å². The van der Waals surface area contributed by atoms with E-state index in [0.717, 1.165) is 27.7 Å². The quantitative estimate of drug-likeness (QED) is 0.479. The lowest BCUT2D eigenvalue weighted by Gasteiger charge is -2.07. The molecule has 3 heterocycles. The van der Waals surface area contributed by atoms with Crippen LogP contribution in [0.3, 0.4) is 0 Å². The number of thiazole rings is 2. The lowest BCUT2D eigenvalue weighted by molar-refractivity contribution is -0.116. The Balaban J connectivity index is 1.52. The molecule has 1 N–H and O–H groups in total. The van der Waals surface area contributed by atoms with Gasteiger partial charge in [-0.15, -0.1) is 22.7 Å². The minimum absolute atomic E-state index is 0.115. The monoisotopic (exact) mass is 414 g/mol. The number of aryl methyl sites for hydroxylation is 1. The van der Waals surface area contributed by atoms with Gasteiger partial charge in [0.2, 0.25) is 5.91 Å². The predicted octanol–water partition coefficient (Wildman–Crippen LogP) is 5.34. The molecule has 4 rings (SSSR count). The van der Waals surface area contributed by atoms with Gasteiger partial charge in [0.15, 0.2) is 5.13 Å². The van der Waals surface area contributed by atoms with Crippen molar-refractivity contribution in [1.82, 2.24) is 14.5 Å². The number of benzene rings is 1. The summed E-state index contributed by atoms with van der Waals surface area (Å²) in [6, 6.07) is 11.5. The van der Waals surface area contributed by atoms with E-state index in [-0.39, 0.29) is 12.5 Å². The molecule has 4 aromatic rings. The molecule has 0 bridgehead atoms. The van der Waals surface area contributed by atoms with Gasteiger partial charge in [-0.25, -0.2) is 9.97 Å². The van der Waals surface area contributed by atoms with Crippen molar-refractivity contribution < 1.29 is 4.79 Å². The average molecular weight is 415 g/mol. The van der Waals surface area contributed by atoms with E-state index in [9.17, 15) is 4.79 Å². The van der Waals surface area contributed by atoms with E-state index in [1.807, 2.05) is 64.8 Å². The van der Waals surface area contributed by atoms with E-state index in [1.165, 1.54) is 11.3 Å². The fourth-order valence-electron chi connectivity index (χ4n) is 2.62. The molecule has 0 fully saturated rings. The highest BCUT2D eigenvalue weighted by molar-refractivity contribution is 7.14. The Hall–Kier alpha value is -2.48.